The molecule has 1 N–H and O–H groups in total. The molecule has 2 rings (SSSR count). The molecule has 1 heterocycles. The number of aliphatic carboxylic acids is 1. The molecule has 0 unspecified atom stereocenters. The van der Waals surface area contributed by atoms with Crippen molar-refractivity contribution in [3.05, 3.63) is 22.2 Å². The van der Waals surface area contributed by atoms with Crippen LogP contribution in [0.2, 0.25) is 5.02 Å². The van der Waals surface area contributed by atoms with Crippen LogP contribution >= 0.6 is 11.6 Å². The number of benzene rings is 1. The SMILES string of the molecule is COc1cc(C(C)(C)CC(=O)O)c(Cl)c2c1OCC2. The van der Waals surface area contributed by atoms with Crippen LogP contribution in [0.15, 0.2) is 6.07 Å². The molecule has 0 fully saturated rings. The molecule has 0 spiro atoms. The molecule has 0 bridgehead atoms. The first-order chi connectivity index (χ1) is 8.86. The molecule has 1 aliphatic heterocycles. The Kier molecular flexibility index (Phi) is 3.63. The second-order valence-electron chi connectivity index (χ2n) is 5.30. The summed E-state index contributed by atoms with van der Waals surface area (Å²) in [6, 6.07) is 1.79. The van der Waals surface area contributed by atoms with Gasteiger partial charge in [-0.15, -0.1) is 0 Å². The zero-order valence-electron chi connectivity index (χ0n) is 11.2. The van der Waals surface area contributed by atoms with Crippen LogP contribution in [0.1, 0.15) is 31.4 Å². The fraction of sp³-hybridized carbons (Fsp3) is 0.500. The number of hydrogen-bond acceptors (Lipinski definition) is 3. The molecule has 1 aromatic rings. The molecule has 104 valence electrons. The quantitative estimate of drug-likeness (QED) is 0.923. The van der Waals surface area contributed by atoms with Crippen molar-refractivity contribution in [1.29, 1.82) is 0 Å². The van der Waals surface area contributed by atoms with E-state index in [1.807, 2.05) is 13.8 Å². The first-order valence-corrected chi connectivity index (χ1v) is 6.49. The molecule has 1 aromatic carbocycles. The lowest BCUT2D eigenvalue weighted by Gasteiger charge is -2.26. The fourth-order valence-electron chi connectivity index (χ4n) is 2.43. The monoisotopic (exact) mass is 284 g/mol. The maximum atomic E-state index is 11.0. The summed E-state index contributed by atoms with van der Waals surface area (Å²) >= 11 is 6.42. The lowest BCUT2D eigenvalue weighted by atomic mass is 9.80. The van der Waals surface area contributed by atoms with Crippen LogP contribution in [0.4, 0.5) is 0 Å². The maximum Gasteiger partial charge on any atom is 0.304 e. The third-order valence-corrected chi connectivity index (χ3v) is 3.85. The molecule has 4 nitrogen and oxygen atoms in total. The Bertz CT molecular complexity index is 523. The molecule has 0 radical (unpaired) electrons. The van der Waals surface area contributed by atoms with E-state index in [0.717, 1.165) is 17.5 Å². The van der Waals surface area contributed by atoms with Crippen molar-refractivity contribution in [2.24, 2.45) is 0 Å². The normalized spacial score (nSPS) is 13.9. The lowest BCUT2D eigenvalue weighted by Crippen LogP contribution is -2.22. The largest absolute Gasteiger partial charge is 0.493 e. The molecule has 0 saturated heterocycles. The van der Waals surface area contributed by atoms with E-state index in [1.54, 1.807) is 13.2 Å². The number of carbonyl (C=O) groups is 1. The van der Waals surface area contributed by atoms with Crippen molar-refractivity contribution < 1.29 is 19.4 Å². The van der Waals surface area contributed by atoms with Crippen LogP contribution in [-0.4, -0.2) is 24.8 Å². The summed E-state index contributed by atoms with van der Waals surface area (Å²) in [7, 11) is 1.57. The number of methoxy groups -OCH3 is 1. The van der Waals surface area contributed by atoms with Gasteiger partial charge in [-0.25, -0.2) is 0 Å². The minimum Gasteiger partial charge on any atom is -0.493 e. The Morgan fingerprint density at radius 2 is 2.26 bits per heavy atom. The summed E-state index contributed by atoms with van der Waals surface area (Å²) < 4.78 is 10.8. The summed E-state index contributed by atoms with van der Waals surface area (Å²) in [4.78, 5) is 11.0. The Morgan fingerprint density at radius 3 is 2.84 bits per heavy atom. The lowest BCUT2D eigenvalue weighted by molar-refractivity contribution is -0.138. The van der Waals surface area contributed by atoms with Crippen LogP contribution < -0.4 is 9.47 Å². The van der Waals surface area contributed by atoms with Crippen LogP contribution in [0, 0.1) is 0 Å². The smallest absolute Gasteiger partial charge is 0.304 e. The second kappa shape index (κ2) is 4.93. The van der Waals surface area contributed by atoms with E-state index < -0.39 is 11.4 Å². The van der Waals surface area contributed by atoms with Crippen molar-refractivity contribution in [2.45, 2.75) is 32.1 Å². The number of ether oxygens (including phenoxy) is 2. The minimum atomic E-state index is -0.850. The van der Waals surface area contributed by atoms with Gasteiger partial charge in [0.2, 0.25) is 0 Å². The number of halogens is 1. The zero-order valence-corrected chi connectivity index (χ0v) is 12.0. The average Bonchev–Trinajstić information content (AvgIpc) is 2.77. The van der Waals surface area contributed by atoms with Crippen molar-refractivity contribution in [3.63, 3.8) is 0 Å². The summed E-state index contributed by atoms with van der Waals surface area (Å²) in [6.07, 6.45) is 0.733. The van der Waals surface area contributed by atoms with E-state index >= 15 is 0 Å². The Labute approximate surface area is 117 Å². The van der Waals surface area contributed by atoms with Crippen molar-refractivity contribution in [3.8, 4) is 11.5 Å². The highest BCUT2D eigenvalue weighted by atomic mass is 35.5. The third-order valence-electron chi connectivity index (χ3n) is 3.42. The van der Waals surface area contributed by atoms with Crippen molar-refractivity contribution >= 4 is 17.6 Å². The van der Waals surface area contributed by atoms with E-state index in [9.17, 15) is 4.79 Å². The predicted octanol–water partition coefficient (Wildman–Crippen LogP) is 3.04. The summed E-state index contributed by atoms with van der Waals surface area (Å²) in [5.41, 5.74) is 1.14. The van der Waals surface area contributed by atoms with E-state index in [-0.39, 0.29) is 6.42 Å². The predicted molar refractivity (Wildman–Crippen MR) is 72.5 cm³/mol. The standard InChI is InChI=1S/C14H17ClO4/c1-14(2,7-11(16)17)9-6-10(18-3)13-8(12(9)15)4-5-19-13/h6H,4-5,7H2,1-3H3,(H,16,17). The van der Waals surface area contributed by atoms with E-state index in [4.69, 9.17) is 26.2 Å². The maximum absolute atomic E-state index is 11.0. The highest BCUT2D eigenvalue weighted by Gasteiger charge is 2.32. The first kappa shape index (κ1) is 14.0. The topological polar surface area (TPSA) is 55.8 Å². The third kappa shape index (κ3) is 2.50. The molecule has 19 heavy (non-hydrogen) atoms. The van der Waals surface area contributed by atoms with Gasteiger partial charge in [-0.2, -0.15) is 0 Å². The number of rotatable bonds is 4. The Balaban J connectivity index is 2.55. The van der Waals surface area contributed by atoms with Gasteiger partial charge < -0.3 is 14.6 Å². The zero-order chi connectivity index (χ0) is 14.2. The van der Waals surface area contributed by atoms with Crippen molar-refractivity contribution in [1.82, 2.24) is 0 Å². The Hall–Kier alpha value is -1.42. The summed E-state index contributed by atoms with van der Waals surface area (Å²) in [6.45, 7) is 4.31. The van der Waals surface area contributed by atoms with Crippen LogP contribution in [0.25, 0.3) is 0 Å². The van der Waals surface area contributed by atoms with E-state index in [0.29, 0.717) is 23.1 Å². The van der Waals surface area contributed by atoms with E-state index in [2.05, 4.69) is 0 Å². The van der Waals surface area contributed by atoms with Gasteiger partial charge in [-0.05, 0) is 11.6 Å². The summed E-state index contributed by atoms with van der Waals surface area (Å²) in [5, 5.41) is 9.62. The van der Waals surface area contributed by atoms with Crippen LogP contribution in [0.3, 0.4) is 0 Å². The molecule has 0 amide bonds. The number of carboxylic acids is 1. The first-order valence-electron chi connectivity index (χ1n) is 6.11. The molecular formula is C14H17ClO4. The molecule has 0 saturated carbocycles. The average molecular weight is 285 g/mol. The van der Waals surface area contributed by atoms with E-state index in [1.165, 1.54) is 0 Å². The summed E-state index contributed by atoms with van der Waals surface area (Å²) in [5.74, 6) is 0.449. The fourth-order valence-corrected chi connectivity index (χ4v) is 2.92. The van der Waals surface area contributed by atoms with Gasteiger partial charge in [0.25, 0.3) is 0 Å². The highest BCUT2D eigenvalue weighted by Crippen LogP contribution is 2.46. The number of carboxylic acid groups (broad SMARTS) is 1. The van der Waals surface area contributed by atoms with Crippen LogP contribution in [-0.2, 0) is 16.6 Å². The molecule has 0 aromatic heterocycles. The van der Waals surface area contributed by atoms with Gasteiger partial charge in [0.1, 0.15) is 0 Å². The Morgan fingerprint density at radius 1 is 1.58 bits per heavy atom. The van der Waals surface area contributed by atoms with Gasteiger partial charge in [0.15, 0.2) is 11.5 Å². The number of fused-ring (bicyclic) bond motifs is 1. The number of hydrogen-bond donors (Lipinski definition) is 1. The molecule has 1 aliphatic rings. The minimum absolute atomic E-state index is 0.00944. The van der Waals surface area contributed by atoms with Gasteiger partial charge in [0, 0.05) is 17.4 Å². The molecule has 0 aliphatic carbocycles. The van der Waals surface area contributed by atoms with Crippen LogP contribution in [0.5, 0.6) is 11.5 Å². The second-order valence-corrected chi connectivity index (χ2v) is 5.68. The van der Waals surface area contributed by atoms with Gasteiger partial charge in [-0.3, -0.25) is 4.79 Å². The van der Waals surface area contributed by atoms with Gasteiger partial charge in [-0.1, -0.05) is 25.4 Å². The van der Waals surface area contributed by atoms with Gasteiger partial charge >= 0.3 is 5.97 Å². The van der Waals surface area contributed by atoms with Gasteiger partial charge in [0.05, 0.1) is 25.2 Å². The van der Waals surface area contributed by atoms with Crippen molar-refractivity contribution in [2.75, 3.05) is 13.7 Å². The molecule has 5 heteroatoms. The molecular weight excluding hydrogens is 268 g/mol. The molecule has 0 atom stereocenters. The highest BCUT2D eigenvalue weighted by molar-refractivity contribution is 6.32.